The first-order valence-electron chi connectivity index (χ1n) is 7.91. The summed E-state index contributed by atoms with van der Waals surface area (Å²) in [6, 6.07) is 7.71. The van der Waals surface area contributed by atoms with Gasteiger partial charge in [0.1, 0.15) is 5.82 Å². The van der Waals surface area contributed by atoms with Crippen molar-refractivity contribution in [2.75, 3.05) is 29.9 Å². The lowest BCUT2D eigenvalue weighted by Crippen LogP contribution is -2.35. The minimum atomic E-state index is 0.283. The SMILES string of the molecule is OCC1CCN(c2ccc(Cl)cc2NCc2ncccn2)CC1. The van der Waals surface area contributed by atoms with Gasteiger partial charge < -0.3 is 15.3 Å². The standard InChI is InChI=1S/C17H21ClN4O/c18-14-2-3-16(22-8-4-13(12-23)5-9-22)15(10-14)21-11-17-19-6-1-7-20-17/h1-3,6-7,10,13,21,23H,4-5,8-9,11-12H2. The topological polar surface area (TPSA) is 61.3 Å². The van der Waals surface area contributed by atoms with E-state index >= 15 is 0 Å². The molecular weight excluding hydrogens is 312 g/mol. The molecule has 23 heavy (non-hydrogen) atoms. The maximum atomic E-state index is 9.29. The first-order valence-corrected chi connectivity index (χ1v) is 8.29. The number of nitrogens with one attached hydrogen (secondary N) is 1. The van der Waals surface area contributed by atoms with E-state index in [0.717, 1.165) is 43.1 Å². The summed E-state index contributed by atoms with van der Waals surface area (Å²) in [5.74, 6) is 1.17. The minimum Gasteiger partial charge on any atom is -0.396 e. The van der Waals surface area contributed by atoms with Crippen molar-refractivity contribution in [1.82, 2.24) is 9.97 Å². The second-order valence-corrected chi connectivity index (χ2v) is 6.23. The molecule has 2 N–H and O–H groups in total. The average Bonchev–Trinajstić information content (AvgIpc) is 2.61. The number of rotatable bonds is 5. The van der Waals surface area contributed by atoms with Crippen LogP contribution in [0.4, 0.5) is 11.4 Å². The van der Waals surface area contributed by atoms with Gasteiger partial charge in [0.2, 0.25) is 0 Å². The van der Waals surface area contributed by atoms with Crippen LogP contribution in [0.2, 0.25) is 5.02 Å². The van der Waals surface area contributed by atoms with Gasteiger partial charge in [0.05, 0.1) is 17.9 Å². The molecule has 0 atom stereocenters. The van der Waals surface area contributed by atoms with Crippen LogP contribution in [0.15, 0.2) is 36.7 Å². The second kappa shape index (κ2) is 7.62. The molecule has 122 valence electrons. The van der Waals surface area contributed by atoms with Crippen LogP contribution in [0.1, 0.15) is 18.7 Å². The van der Waals surface area contributed by atoms with Gasteiger partial charge in [-0.2, -0.15) is 0 Å². The van der Waals surface area contributed by atoms with Crippen LogP contribution in [0.3, 0.4) is 0 Å². The van der Waals surface area contributed by atoms with E-state index in [1.807, 2.05) is 12.1 Å². The lowest BCUT2D eigenvalue weighted by molar-refractivity contribution is 0.203. The fourth-order valence-electron chi connectivity index (χ4n) is 2.88. The molecule has 0 spiro atoms. The lowest BCUT2D eigenvalue weighted by atomic mass is 9.97. The third kappa shape index (κ3) is 4.12. The molecule has 0 aliphatic carbocycles. The Labute approximate surface area is 141 Å². The normalized spacial score (nSPS) is 15.7. The van der Waals surface area contributed by atoms with Crippen molar-refractivity contribution in [2.45, 2.75) is 19.4 Å². The fraction of sp³-hybridized carbons (Fsp3) is 0.412. The van der Waals surface area contributed by atoms with Crippen LogP contribution >= 0.6 is 11.6 Å². The molecule has 1 aromatic carbocycles. The van der Waals surface area contributed by atoms with Crippen molar-refractivity contribution >= 4 is 23.0 Å². The molecule has 0 amide bonds. The van der Waals surface area contributed by atoms with Crippen molar-refractivity contribution in [1.29, 1.82) is 0 Å². The molecule has 3 rings (SSSR count). The third-order valence-corrected chi connectivity index (χ3v) is 4.46. The summed E-state index contributed by atoms with van der Waals surface area (Å²) in [5, 5.41) is 13.4. The molecule has 1 fully saturated rings. The summed E-state index contributed by atoms with van der Waals surface area (Å²) in [4.78, 5) is 10.8. The van der Waals surface area contributed by atoms with Gasteiger partial charge in [-0.15, -0.1) is 0 Å². The minimum absolute atomic E-state index is 0.283. The summed E-state index contributed by atoms with van der Waals surface area (Å²) in [6.07, 6.45) is 5.51. The predicted octanol–water partition coefficient (Wildman–Crippen LogP) is 2.95. The number of anilines is 2. The summed E-state index contributed by atoms with van der Waals surface area (Å²) in [6.45, 7) is 2.74. The maximum absolute atomic E-state index is 9.29. The van der Waals surface area contributed by atoms with Crippen molar-refractivity contribution < 1.29 is 5.11 Å². The largest absolute Gasteiger partial charge is 0.396 e. The van der Waals surface area contributed by atoms with E-state index in [9.17, 15) is 5.11 Å². The lowest BCUT2D eigenvalue weighted by Gasteiger charge is -2.34. The maximum Gasteiger partial charge on any atom is 0.147 e. The Morgan fingerprint density at radius 1 is 1.22 bits per heavy atom. The van der Waals surface area contributed by atoms with Crippen LogP contribution in [-0.2, 0) is 6.54 Å². The average molecular weight is 333 g/mol. The number of hydrogen-bond acceptors (Lipinski definition) is 5. The van der Waals surface area contributed by atoms with Crippen molar-refractivity contribution in [3.63, 3.8) is 0 Å². The van der Waals surface area contributed by atoms with Crippen LogP contribution in [0.25, 0.3) is 0 Å². The summed E-state index contributed by atoms with van der Waals surface area (Å²) < 4.78 is 0. The Bertz CT molecular complexity index is 630. The number of nitrogens with zero attached hydrogens (tertiary/aromatic N) is 3. The fourth-order valence-corrected chi connectivity index (χ4v) is 3.05. The van der Waals surface area contributed by atoms with E-state index in [1.54, 1.807) is 18.5 Å². The Morgan fingerprint density at radius 3 is 2.65 bits per heavy atom. The molecule has 1 aromatic heterocycles. The molecule has 0 unspecified atom stereocenters. The Kier molecular flexibility index (Phi) is 5.31. The van der Waals surface area contributed by atoms with Crippen molar-refractivity contribution in [3.05, 3.63) is 47.5 Å². The summed E-state index contributed by atoms with van der Waals surface area (Å²) in [5.41, 5.74) is 2.13. The zero-order valence-electron chi connectivity index (χ0n) is 13.0. The molecule has 2 heterocycles. The highest BCUT2D eigenvalue weighted by Crippen LogP contribution is 2.32. The molecule has 1 saturated heterocycles. The Morgan fingerprint density at radius 2 is 1.96 bits per heavy atom. The number of halogens is 1. The van der Waals surface area contributed by atoms with Gasteiger partial charge in [0.25, 0.3) is 0 Å². The second-order valence-electron chi connectivity index (χ2n) is 5.79. The van der Waals surface area contributed by atoms with Crippen LogP contribution in [-0.4, -0.2) is 34.8 Å². The van der Waals surface area contributed by atoms with Crippen LogP contribution in [0, 0.1) is 5.92 Å². The highest BCUT2D eigenvalue weighted by Gasteiger charge is 2.20. The zero-order valence-corrected chi connectivity index (χ0v) is 13.7. The van der Waals surface area contributed by atoms with E-state index in [1.165, 1.54) is 0 Å². The number of piperidine rings is 1. The monoisotopic (exact) mass is 332 g/mol. The number of aliphatic hydroxyl groups is 1. The zero-order chi connectivity index (χ0) is 16.1. The molecule has 6 heteroatoms. The van der Waals surface area contributed by atoms with Gasteiger partial charge >= 0.3 is 0 Å². The molecule has 1 aliphatic heterocycles. The van der Waals surface area contributed by atoms with E-state index in [4.69, 9.17) is 11.6 Å². The van der Waals surface area contributed by atoms with Gasteiger partial charge in [-0.1, -0.05) is 11.6 Å². The van der Waals surface area contributed by atoms with E-state index in [0.29, 0.717) is 17.5 Å². The van der Waals surface area contributed by atoms with Gasteiger partial charge in [0.15, 0.2) is 0 Å². The van der Waals surface area contributed by atoms with Crippen molar-refractivity contribution in [3.8, 4) is 0 Å². The molecule has 0 radical (unpaired) electrons. The molecule has 0 bridgehead atoms. The third-order valence-electron chi connectivity index (χ3n) is 4.23. The van der Waals surface area contributed by atoms with E-state index in [-0.39, 0.29) is 6.61 Å². The van der Waals surface area contributed by atoms with Crippen LogP contribution < -0.4 is 10.2 Å². The summed E-state index contributed by atoms with van der Waals surface area (Å²) >= 11 is 6.16. The number of aromatic nitrogens is 2. The molecule has 1 aliphatic rings. The molecule has 0 saturated carbocycles. The van der Waals surface area contributed by atoms with Gasteiger partial charge in [-0.25, -0.2) is 9.97 Å². The number of hydrogen-bond donors (Lipinski definition) is 2. The Hall–Kier alpha value is -1.85. The Balaban J connectivity index is 1.73. The first kappa shape index (κ1) is 16.0. The smallest absolute Gasteiger partial charge is 0.147 e. The molecule has 2 aromatic rings. The van der Waals surface area contributed by atoms with E-state index in [2.05, 4.69) is 26.3 Å². The van der Waals surface area contributed by atoms with E-state index < -0.39 is 0 Å². The first-order chi connectivity index (χ1) is 11.3. The van der Waals surface area contributed by atoms with Crippen molar-refractivity contribution in [2.24, 2.45) is 5.92 Å². The highest BCUT2D eigenvalue weighted by molar-refractivity contribution is 6.31. The summed E-state index contributed by atoms with van der Waals surface area (Å²) in [7, 11) is 0. The van der Waals surface area contributed by atoms with Crippen LogP contribution in [0.5, 0.6) is 0 Å². The number of benzene rings is 1. The molecular formula is C17H21ClN4O. The molecule has 5 nitrogen and oxygen atoms in total. The van der Waals surface area contributed by atoms with Gasteiger partial charge in [0, 0.05) is 37.1 Å². The predicted molar refractivity (Wildman–Crippen MR) is 92.8 cm³/mol. The highest BCUT2D eigenvalue weighted by atomic mass is 35.5. The van der Waals surface area contributed by atoms with Gasteiger partial charge in [-0.3, -0.25) is 0 Å². The quantitative estimate of drug-likeness (QED) is 0.881. The number of aliphatic hydroxyl groups excluding tert-OH is 1. The van der Waals surface area contributed by atoms with Gasteiger partial charge in [-0.05, 0) is 43.0 Å².